The van der Waals surface area contributed by atoms with Gasteiger partial charge < -0.3 is 15.2 Å². The summed E-state index contributed by atoms with van der Waals surface area (Å²) in [5.74, 6) is 0.495. The highest BCUT2D eigenvalue weighted by Crippen LogP contribution is 2.27. The molecule has 0 aliphatic rings. The number of nitrogens with one attached hydrogen (secondary N) is 2. The van der Waals surface area contributed by atoms with Gasteiger partial charge in [-0.3, -0.25) is 0 Å². The van der Waals surface area contributed by atoms with Crippen LogP contribution in [0, 0.1) is 0 Å². The van der Waals surface area contributed by atoms with Crippen molar-refractivity contribution in [2.45, 2.75) is 9.79 Å². The van der Waals surface area contributed by atoms with Crippen LogP contribution in [0.15, 0.2) is 69.0 Å². The average molecular weight is 461 g/mol. The third-order valence-electron chi connectivity index (χ3n) is 4.12. The number of fused-ring (bicyclic) bond motifs is 1. The highest BCUT2D eigenvalue weighted by molar-refractivity contribution is 7.89. The highest BCUT2D eigenvalue weighted by atomic mass is 32.2. The number of hydrogen-bond donors (Lipinski definition) is 4. The quantitative estimate of drug-likeness (QED) is 0.325. The van der Waals surface area contributed by atoms with E-state index in [1.165, 1.54) is 54.7 Å². The molecule has 0 fully saturated rings. The minimum Gasteiger partial charge on any atom is -0.339 e. The summed E-state index contributed by atoms with van der Waals surface area (Å²) >= 11 is 0. The normalized spacial score (nSPS) is 12.1. The Bertz CT molecular complexity index is 1470. The Labute approximate surface area is 176 Å². The lowest BCUT2D eigenvalue weighted by Crippen LogP contribution is -2.12. The zero-order valence-corrected chi connectivity index (χ0v) is 17.2. The van der Waals surface area contributed by atoms with Gasteiger partial charge in [0.1, 0.15) is 11.2 Å². The molecule has 0 spiro atoms. The van der Waals surface area contributed by atoms with Crippen molar-refractivity contribution in [2.75, 3.05) is 10.6 Å². The van der Waals surface area contributed by atoms with Crippen LogP contribution in [-0.4, -0.2) is 32.0 Å². The maximum atomic E-state index is 11.4. The van der Waals surface area contributed by atoms with Crippen molar-refractivity contribution in [3.63, 3.8) is 0 Å². The fraction of sp³-hybridized carbons (Fsp3) is 0. The monoisotopic (exact) mass is 461 g/mol. The van der Waals surface area contributed by atoms with Crippen LogP contribution in [-0.2, 0) is 20.0 Å². The molecule has 31 heavy (non-hydrogen) atoms. The number of anilines is 4. The van der Waals surface area contributed by atoms with Crippen molar-refractivity contribution >= 4 is 54.3 Å². The van der Waals surface area contributed by atoms with E-state index in [0.29, 0.717) is 22.6 Å². The first-order chi connectivity index (χ1) is 14.6. The van der Waals surface area contributed by atoms with Gasteiger partial charge >= 0.3 is 0 Å². The van der Waals surface area contributed by atoms with Gasteiger partial charge in [0.15, 0.2) is 0 Å². The Morgan fingerprint density at radius 1 is 0.742 bits per heavy atom. The lowest BCUT2D eigenvalue weighted by molar-refractivity contribution is 0.449. The van der Waals surface area contributed by atoms with Crippen LogP contribution in [0.1, 0.15) is 0 Å². The fourth-order valence-corrected chi connectivity index (χ4v) is 3.67. The van der Waals surface area contributed by atoms with E-state index >= 15 is 0 Å². The maximum absolute atomic E-state index is 11.4. The van der Waals surface area contributed by atoms with Gasteiger partial charge in [-0.1, -0.05) is 5.16 Å². The van der Waals surface area contributed by atoms with Crippen LogP contribution < -0.4 is 20.9 Å². The number of nitrogens with zero attached hydrogens (tertiary/aromatic N) is 3. The molecule has 4 rings (SSSR count). The lowest BCUT2D eigenvalue weighted by atomic mass is 10.3. The van der Waals surface area contributed by atoms with Crippen molar-refractivity contribution in [2.24, 2.45) is 10.3 Å². The van der Waals surface area contributed by atoms with E-state index in [2.05, 4.69) is 25.8 Å². The number of benzene rings is 2. The van der Waals surface area contributed by atoms with E-state index in [-0.39, 0.29) is 21.5 Å². The third kappa shape index (κ3) is 4.61. The summed E-state index contributed by atoms with van der Waals surface area (Å²) in [6, 6.07) is 11.5. The van der Waals surface area contributed by atoms with Crippen LogP contribution in [0.4, 0.5) is 23.1 Å². The van der Waals surface area contributed by atoms with Crippen molar-refractivity contribution in [3.05, 3.63) is 54.7 Å². The Kier molecular flexibility index (Phi) is 5.06. The topological polar surface area (TPSA) is 196 Å². The maximum Gasteiger partial charge on any atom is 0.264 e. The number of aromatic nitrogens is 3. The summed E-state index contributed by atoms with van der Waals surface area (Å²) in [6.45, 7) is 0. The molecule has 0 atom stereocenters. The van der Waals surface area contributed by atoms with Crippen LogP contribution in [0.3, 0.4) is 0 Å². The average Bonchev–Trinajstić information content (AvgIpc) is 3.16. The standard InChI is InChI=1S/C17H15N7O5S2/c18-30(25,26)12-5-1-10(2-6-12)21-15-14-9-20-29-16(14)24-17(23-15)22-11-3-7-13(8-4-11)31(19,27)28/h1-9H,(H2,18,25,26)(H2,19,27,28)(H2,21,22,23,24). The van der Waals surface area contributed by atoms with E-state index in [1.807, 2.05) is 0 Å². The second-order valence-corrected chi connectivity index (χ2v) is 9.45. The van der Waals surface area contributed by atoms with Gasteiger partial charge in [0.05, 0.1) is 16.0 Å². The molecule has 0 unspecified atom stereocenters. The molecule has 0 amide bonds. The van der Waals surface area contributed by atoms with Crippen LogP contribution in [0.25, 0.3) is 11.1 Å². The van der Waals surface area contributed by atoms with Crippen LogP contribution in [0.5, 0.6) is 0 Å². The number of nitrogens with two attached hydrogens (primary N) is 2. The molecule has 2 aromatic carbocycles. The van der Waals surface area contributed by atoms with Crippen molar-refractivity contribution < 1.29 is 21.4 Å². The molecule has 0 radical (unpaired) electrons. The van der Waals surface area contributed by atoms with Gasteiger partial charge in [-0.05, 0) is 48.5 Å². The molecule has 0 saturated carbocycles. The molecule has 0 aliphatic heterocycles. The summed E-state index contributed by atoms with van der Waals surface area (Å²) in [5.41, 5.74) is 1.24. The minimum atomic E-state index is -3.81. The second kappa shape index (κ2) is 7.59. The van der Waals surface area contributed by atoms with E-state index in [9.17, 15) is 16.8 Å². The Morgan fingerprint density at radius 3 is 1.77 bits per heavy atom. The number of rotatable bonds is 6. The van der Waals surface area contributed by atoms with Crippen LogP contribution in [0.2, 0.25) is 0 Å². The molecule has 0 bridgehead atoms. The summed E-state index contributed by atoms with van der Waals surface area (Å²) in [5, 5.41) is 20.4. The predicted molar refractivity (Wildman–Crippen MR) is 112 cm³/mol. The largest absolute Gasteiger partial charge is 0.339 e. The third-order valence-corrected chi connectivity index (χ3v) is 5.97. The van der Waals surface area contributed by atoms with Gasteiger partial charge in [0, 0.05) is 11.4 Å². The van der Waals surface area contributed by atoms with E-state index in [1.54, 1.807) is 0 Å². The Morgan fingerprint density at radius 2 is 1.26 bits per heavy atom. The molecule has 0 saturated heterocycles. The molecule has 12 nitrogen and oxygen atoms in total. The minimum absolute atomic E-state index is 0.0267. The van der Waals surface area contributed by atoms with E-state index in [0.717, 1.165) is 0 Å². The zero-order valence-electron chi connectivity index (χ0n) is 15.6. The second-order valence-electron chi connectivity index (χ2n) is 6.33. The number of sulfonamides is 2. The summed E-state index contributed by atoms with van der Waals surface area (Å²) in [4.78, 5) is 8.55. The zero-order chi connectivity index (χ0) is 22.2. The van der Waals surface area contributed by atoms with Crippen molar-refractivity contribution in [3.8, 4) is 0 Å². The first-order valence-corrected chi connectivity index (χ1v) is 11.6. The number of hydrogen-bond acceptors (Lipinski definition) is 10. The van der Waals surface area contributed by atoms with Gasteiger partial charge in [0.2, 0.25) is 26.0 Å². The van der Waals surface area contributed by atoms with Crippen LogP contribution >= 0.6 is 0 Å². The molecule has 2 aromatic heterocycles. The smallest absolute Gasteiger partial charge is 0.264 e. The molecule has 0 aliphatic carbocycles. The SMILES string of the molecule is NS(=O)(=O)c1ccc(Nc2nc(Nc3ccc(S(N)(=O)=O)cc3)c3cnoc3n2)cc1. The highest BCUT2D eigenvalue weighted by Gasteiger charge is 2.14. The van der Waals surface area contributed by atoms with Crippen molar-refractivity contribution in [1.82, 2.24) is 15.1 Å². The van der Waals surface area contributed by atoms with Crippen molar-refractivity contribution in [1.29, 1.82) is 0 Å². The van der Waals surface area contributed by atoms with Gasteiger partial charge in [-0.2, -0.15) is 9.97 Å². The Balaban J connectivity index is 1.63. The summed E-state index contributed by atoms with van der Waals surface area (Å²) in [6.07, 6.45) is 1.43. The molecular formula is C17H15N7O5S2. The first-order valence-electron chi connectivity index (χ1n) is 8.52. The molecule has 160 valence electrons. The lowest BCUT2D eigenvalue weighted by Gasteiger charge is -2.10. The molecule has 6 N–H and O–H groups in total. The summed E-state index contributed by atoms with van der Waals surface area (Å²) < 4.78 is 50.7. The first kappa shape index (κ1) is 20.7. The molecule has 4 aromatic rings. The van der Waals surface area contributed by atoms with E-state index in [4.69, 9.17) is 14.8 Å². The predicted octanol–water partition coefficient (Wildman–Crippen LogP) is 1.40. The van der Waals surface area contributed by atoms with Gasteiger partial charge in [-0.15, -0.1) is 0 Å². The van der Waals surface area contributed by atoms with E-state index < -0.39 is 20.0 Å². The summed E-state index contributed by atoms with van der Waals surface area (Å²) in [7, 11) is -7.61. The number of primary sulfonamides is 2. The van der Waals surface area contributed by atoms with Gasteiger partial charge in [0.25, 0.3) is 5.71 Å². The van der Waals surface area contributed by atoms with Gasteiger partial charge in [-0.25, -0.2) is 27.1 Å². The molecule has 2 heterocycles. The Hall–Kier alpha value is -3.59. The molecular weight excluding hydrogens is 446 g/mol. The molecule has 14 heteroatoms. The fourth-order valence-electron chi connectivity index (χ4n) is 2.64.